The topological polar surface area (TPSA) is 135 Å². The molecule has 0 heterocycles. The molecule has 0 saturated carbocycles. The molecule has 0 aliphatic rings. The summed E-state index contributed by atoms with van der Waals surface area (Å²) >= 11 is 0. The Bertz CT molecular complexity index is 581. The Kier molecular flexibility index (Phi) is 23.6. The van der Waals surface area contributed by atoms with Gasteiger partial charge >= 0.3 is 103 Å². The van der Waals surface area contributed by atoms with Crippen molar-refractivity contribution >= 4 is 22.1 Å². The second kappa shape index (κ2) is 19.3. The number of allylic oxidation sites excluding steroid dienone is 1. The minimum Gasteiger partial charge on any atom is -0.550 e. The van der Waals surface area contributed by atoms with Gasteiger partial charge in [-0.05, 0) is 12.8 Å². The van der Waals surface area contributed by atoms with E-state index in [2.05, 4.69) is 13.5 Å². The maximum atomic E-state index is 11.8. The van der Waals surface area contributed by atoms with Crippen molar-refractivity contribution in [3.05, 3.63) is 12.7 Å². The fourth-order valence-electron chi connectivity index (χ4n) is 3.35. The minimum atomic E-state index is -5.23. The van der Waals surface area contributed by atoms with E-state index in [4.69, 9.17) is 0 Å². The first-order valence-electron chi connectivity index (χ1n) is 9.65. The van der Waals surface area contributed by atoms with E-state index in [-0.39, 0.29) is 109 Å². The van der Waals surface area contributed by atoms with Crippen LogP contribution in [0.5, 0.6) is 0 Å². The van der Waals surface area contributed by atoms with Gasteiger partial charge in [-0.15, -0.1) is 6.58 Å². The molecule has 0 aromatic rings. The van der Waals surface area contributed by atoms with Crippen molar-refractivity contribution in [2.75, 3.05) is 0 Å². The van der Waals surface area contributed by atoms with Gasteiger partial charge in [0.2, 0.25) is 0 Å². The molecule has 0 aromatic carbocycles. The summed E-state index contributed by atoms with van der Waals surface area (Å²) in [7, 11) is -5.23. The standard InChI is InChI=1S/C19H34O7S.2K/c1-3-5-6-7-8-9-10-11-12-13-15-19(18(22)23,27(24,25)26)16(14-4-2)17(20)21;;/h4,16H,2-3,5-15H2,1H3,(H,20,21)(H,22,23)(H,24,25,26);;/q;2*+1/p-2. The number of carboxylic acid groups (broad SMARTS) is 2. The van der Waals surface area contributed by atoms with Crippen molar-refractivity contribution in [1.29, 1.82) is 0 Å². The first-order chi connectivity index (χ1) is 12.6. The van der Waals surface area contributed by atoms with Gasteiger partial charge in [0, 0.05) is 11.9 Å². The molecule has 0 radical (unpaired) electrons. The number of aliphatic carboxylic acids is 2. The first kappa shape index (κ1) is 35.5. The fourth-order valence-corrected chi connectivity index (χ4v) is 4.52. The van der Waals surface area contributed by atoms with Crippen molar-refractivity contribution in [1.82, 2.24) is 0 Å². The summed E-state index contributed by atoms with van der Waals surface area (Å²) in [5.74, 6) is -5.96. The summed E-state index contributed by atoms with van der Waals surface area (Å²) in [5, 5.41) is 22.9. The van der Waals surface area contributed by atoms with Gasteiger partial charge in [-0.25, -0.2) is 0 Å². The van der Waals surface area contributed by atoms with Gasteiger partial charge in [0.25, 0.3) is 10.1 Å². The average molecular weight is 483 g/mol. The quantitative estimate of drug-likeness (QED) is 0.0958. The summed E-state index contributed by atoms with van der Waals surface area (Å²) in [4.78, 5) is 22.9. The van der Waals surface area contributed by atoms with Crippen LogP contribution in [0.15, 0.2) is 12.7 Å². The van der Waals surface area contributed by atoms with E-state index in [0.29, 0.717) is 6.42 Å². The SMILES string of the molecule is C=CCC(C(=O)[O-])C(CCCCCCCCCCCC)(C(=O)[O-])S(=O)(=O)O.[K+].[K+]. The van der Waals surface area contributed by atoms with E-state index in [1.165, 1.54) is 25.7 Å². The van der Waals surface area contributed by atoms with E-state index >= 15 is 0 Å². The Morgan fingerprint density at radius 3 is 1.69 bits per heavy atom. The molecular formula is C19H32K2O7S. The van der Waals surface area contributed by atoms with Crippen LogP contribution in [0.2, 0.25) is 0 Å². The Morgan fingerprint density at radius 2 is 1.38 bits per heavy atom. The molecule has 0 bridgehead atoms. The number of unbranched alkanes of at least 4 members (excludes halogenated alkanes) is 9. The second-order valence-corrected chi connectivity index (χ2v) is 8.66. The molecular weight excluding hydrogens is 450 g/mol. The largest absolute Gasteiger partial charge is 1.00 e. The van der Waals surface area contributed by atoms with Gasteiger partial charge in [0.15, 0.2) is 0 Å². The van der Waals surface area contributed by atoms with Crippen LogP contribution in [0, 0.1) is 5.92 Å². The van der Waals surface area contributed by atoms with Gasteiger partial charge in [-0.2, -0.15) is 8.42 Å². The number of hydrogen-bond donors (Lipinski definition) is 1. The molecule has 158 valence electrons. The summed E-state index contributed by atoms with van der Waals surface area (Å²) in [6, 6.07) is 0. The molecule has 0 amide bonds. The molecule has 7 nitrogen and oxygen atoms in total. The van der Waals surface area contributed by atoms with Crippen LogP contribution in [0.4, 0.5) is 0 Å². The normalized spacial score (nSPS) is 14.0. The van der Waals surface area contributed by atoms with Crippen LogP contribution in [0.25, 0.3) is 0 Å². The molecule has 1 N–H and O–H groups in total. The van der Waals surface area contributed by atoms with Crippen LogP contribution in [0.1, 0.15) is 84.0 Å². The van der Waals surface area contributed by atoms with E-state index in [1.807, 2.05) is 0 Å². The molecule has 10 heteroatoms. The third kappa shape index (κ3) is 12.6. The molecule has 0 aliphatic heterocycles. The third-order valence-electron chi connectivity index (χ3n) is 4.96. The smallest absolute Gasteiger partial charge is 0.550 e. The van der Waals surface area contributed by atoms with E-state index < -0.39 is 45.6 Å². The summed E-state index contributed by atoms with van der Waals surface area (Å²) in [6.07, 6.45) is 9.45. The monoisotopic (exact) mass is 482 g/mol. The molecule has 0 fully saturated rings. The average Bonchev–Trinajstić information content (AvgIpc) is 2.56. The Labute approximate surface area is 260 Å². The van der Waals surface area contributed by atoms with E-state index in [1.54, 1.807) is 0 Å². The zero-order chi connectivity index (χ0) is 20.9. The molecule has 29 heavy (non-hydrogen) atoms. The predicted molar refractivity (Wildman–Crippen MR) is 99.1 cm³/mol. The number of rotatable bonds is 17. The Morgan fingerprint density at radius 1 is 0.966 bits per heavy atom. The predicted octanol–water partition coefficient (Wildman–Crippen LogP) is -4.38. The molecule has 0 spiro atoms. The van der Waals surface area contributed by atoms with Crippen LogP contribution < -0.4 is 113 Å². The van der Waals surface area contributed by atoms with Gasteiger partial charge < -0.3 is 19.8 Å². The number of carboxylic acids is 2. The van der Waals surface area contributed by atoms with Crippen LogP contribution >= 0.6 is 0 Å². The van der Waals surface area contributed by atoms with Gasteiger partial charge in [-0.1, -0.05) is 77.2 Å². The van der Waals surface area contributed by atoms with Gasteiger partial charge in [0.1, 0.15) is 4.75 Å². The maximum absolute atomic E-state index is 11.8. The summed E-state index contributed by atoms with van der Waals surface area (Å²) < 4.78 is 30.2. The maximum Gasteiger partial charge on any atom is 1.00 e. The number of carbonyl (C=O) groups is 2. The second-order valence-electron chi connectivity index (χ2n) is 6.98. The van der Waals surface area contributed by atoms with Crippen molar-refractivity contribution in [2.24, 2.45) is 5.92 Å². The van der Waals surface area contributed by atoms with Crippen LogP contribution in [0.3, 0.4) is 0 Å². The zero-order valence-electron chi connectivity index (χ0n) is 18.2. The molecule has 0 saturated heterocycles. The third-order valence-corrected chi connectivity index (χ3v) is 6.53. The summed E-state index contributed by atoms with van der Waals surface area (Å²) in [5.41, 5.74) is 0. The molecule has 0 aliphatic carbocycles. The van der Waals surface area contributed by atoms with Gasteiger partial charge in [-0.3, -0.25) is 4.55 Å². The molecule has 2 unspecified atom stereocenters. The zero-order valence-corrected chi connectivity index (χ0v) is 25.2. The van der Waals surface area contributed by atoms with Crippen LogP contribution in [-0.4, -0.2) is 29.7 Å². The van der Waals surface area contributed by atoms with Crippen molar-refractivity contribution in [3.8, 4) is 0 Å². The first-order valence-corrected chi connectivity index (χ1v) is 11.1. The Balaban J connectivity index is -0.00000338. The van der Waals surface area contributed by atoms with E-state index in [9.17, 15) is 32.8 Å². The summed E-state index contributed by atoms with van der Waals surface area (Å²) in [6.45, 7) is 5.47. The Hall–Kier alpha value is 1.86. The van der Waals surface area contributed by atoms with Gasteiger partial charge in [0.05, 0.1) is 5.97 Å². The molecule has 0 rings (SSSR count). The fraction of sp³-hybridized carbons (Fsp3) is 0.789. The van der Waals surface area contributed by atoms with Crippen LogP contribution in [-0.2, 0) is 19.7 Å². The number of hydrogen-bond acceptors (Lipinski definition) is 6. The van der Waals surface area contributed by atoms with Crippen molar-refractivity contribution < 1.29 is 136 Å². The van der Waals surface area contributed by atoms with Crippen molar-refractivity contribution in [3.63, 3.8) is 0 Å². The number of carbonyl (C=O) groups excluding carboxylic acids is 2. The molecule has 0 aromatic heterocycles. The minimum absolute atomic E-state index is 0. The van der Waals surface area contributed by atoms with Crippen molar-refractivity contribution in [2.45, 2.75) is 88.7 Å². The molecule has 2 atom stereocenters. The van der Waals surface area contributed by atoms with E-state index in [0.717, 1.165) is 31.8 Å².